The molecule has 0 amide bonds. The van der Waals surface area contributed by atoms with Gasteiger partial charge in [-0.05, 0) is 49.5 Å². The van der Waals surface area contributed by atoms with Crippen LogP contribution in [0.1, 0.15) is 6.92 Å². The summed E-state index contributed by atoms with van der Waals surface area (Å²) in [5.74, 6) is -0.629. The SMILES string of the molecule is CCOc1ccc(-n2c(=S)[nH]c3cc(F)ccc32)cc1F. The topological polar surface area (TPSA) is 29.9 Å². The molecule has 0 saturated heterocycles. The van der Waals surface area contributed by atoms with Crippen molar-refractivity contribution in [2.45, 2.75) is 6.92 Å². The van der Waals surface area contributed by atoms with Crippen molar-refractivity contribution in [3.05, 3.63) is 52.8 Å². The number of hydrogen-bond donors (Lipinski definition) is 1. The number of halogens is 2. The predicted molar refractivity (Wildman–Crippen MR) is 79.5 cm³/mol. The number of aromatic amines is 1. The van der Waals surface area contributed by atoms with Gasteiger partial charge in [-0.3, -0.25) is 4.57 Å². The van der Waals surface area contributed by atoms with Crippen LogP contribution in [0, 0.1) is 16.4 Å². The zero-order valence-corrected chi connectivity index (χ0v) is 12.0. The van der Waals surface area contributed by atoms with Crippen molar-refractivity contribution in [1.29, 1.82) is 0 Å². The Morgan fingerprint density at radius 3 is 2.71 bits per heavy atom. The number of H-pyrrole nitrogens is 1. The number of hydrogen-bond acceptors (Lipinski definition) is 2. The third-order valence-electron chi connectivity index (χ3n) is 3.12. The van der Waals surface area contributed by atoms with Crippen LogP contribution in [0.3, 0.4) is 0 Å². The van der Waals surface area contributed by atoms with E-state index in [0.29, 0.717) is 28.1 Å². The molecule has 21 heavy (non-hydrogen) atoms. The molecule has 0 atom stereocenters. The fourth-order valence-corrected chi connectivity index (χ4v) is 2.56. The van der Waals surface area contributed by atoms with Gasteiger partial charge in [0.2, 0.25) is 0 Å². The monoisotopic (exact) mass is 306 g/mol. The average Bonchev–Trinajstić information content (AvgIpc) is 2.76. The van der Waals surface area contributed by atoms with Crippen LogP contribution in [-0.4, -0.2) is 16.2 Å². The van der Waals surface area contributed by atoms with E-state index in [0.717, 1.165) is 0 Å². The lowest BCUT2D eigenvalue weighted by Crippen LogP contribution is -1.98. The summed E-state index contributed by atoms with van der Waals surface area (Å²) < 4.78 is 34.4. The van der Waals surface area contributed by atoms with E-state index in [4.69, 9.17) is 17.0 Å². The van der Waals surface area contributed by atoms with Crippen LogP contribution in [0.2, 0.25) is 0 Å². The van der Waals surface area contributed by atoms with Crippen LogP contribution in [0.25, 0.3) is 16.7 Å². The van der Waals surface area contributed by atoms with Crippen molar-refractivity contribution < 1.29 is 13.5 Å². The summed E-state index contributed by atoms with van der Waals surface area (Å²) in [5.41, 5.74) is 1.80. The van der Waals surface area contributed by atoms with Crippen molar-refractivity contribution in [3.8, 4) is 11.4 Å². The number of fused-ring (bicyclic) bond motifs is 1. The van der Waals surface area contributed by atoms with Crippen molar-refractivity contribution in [3.63, 3.8) is 0 Å². The van der Waals surface area contributed by atoms with Gasteiger partial charge in [-0.1, -0.05) is 0 Å². The third kappa shape index (κ3) is 2.42. The average molecular weight is 306 g/mol. The van der Waals surface area contributed by atoms with Crippen LogP contribution in [0.5, 0.6) is 5.75 Å². The van der Waals surface area contributed by atoms with Crippen LogP contribution in [0.15, 0.2) is 36.4 Å². The zero-order valence-electron chi connectivity index (χ0n) is 11.2. The number of nitrogens with one attached hydrogen (secondary N) is 1. The van der Waals surface area contributed by atoms with E-state index in [9.17, 15) is 8.78 Å². The Bertz CT molecular complexity index is 870. The lowest BCUT2D eigenvalue weighted by molar-refractivity contribution is 0.321. The molecule has 0 spiro atoms. The number of imidazole rings is 1. The van der Waals surface area contributed by atoms with Gasteiger partial charge in [0.25, 0.3) is 0 Å². The predicted octanol–water partition coefficient (Wildman–Crippen LogP) is 4.36. The Morgan fingerprint density at radius 1 is 1.19 bits per heavy atom. The summed E-state index contributed by atoms with van der Waals surface area (Å²) in [6, 6.07) is 8.90. The fraction of sp³-hybridized carbons (Fsp3) is 0.133. The Morgan fingerprint density at radius 2 is 2.00 bits per heavy atom. The minimum absolute atomic E-state index is 0.193. The fourth-order valence-electron chi connectivity index (χ4n) is 2.24. The van der Waals surface area contributed by atoms with E-state index in [1.54, 1.807) is 29.7 Å². The minimum Gasteiger partial charge on any atom is -0.491 e. The number of benzene rings is 2. The van der Waals surface area contributed by atoms with Gasteiger partial charge in [-0.25, -0.2) is 8.78 Å². The molecule has 1 aromatic heterocycles. The van der Waals surface area contributed by atoms with Crippen LogP contribution < -0.4 is 4.74 Å². The van der Waals surface area contributed by atoms with Crippen molar-refractivity contribution in [1.82, 2.24) is 9.55 Å². The molecule has 0 unspecified atom stereocenters. The Labute approximate surface area is 124 Å². The number of rotatable bonds is 3. The highest BCUT2D eigenvalue weighted by molar-refractivity contribution is 7.71. The van der Waals surface area contributed by atoms with Crippen molar-refractivity contribution >= 4 is 23.3 Å². The number of nitrogens with zero attached hydrogens (tertiary/aromatic N) is 1. The molecule has 1 N–H and O–H groups in total. The molecule has 1 heterocycles. The van der Waals surface area contributed by atoms with Gasteiger partial charge < -0.3 is 9.72 Å². The molecule has 3 nitrogen and oxygen atoms in total. The number of aromatic nitrogens is 2. The Balaban J connectivity index is 2.18. The molecule has 0 aliphatic rings. The van der Waals surface area contributed by atoms with E-state index in [-0.39, 0.29) is 11.6 Å². The molecular formula is C15H12F2N2OS. The first kappa shape index (κ1) is 13.8. The van der Waals surface area contributed by atoms with Gasteiger partial charge in [0.1, 0.15) is 5.82 Å². The number of ether oxygens (including phenoxy) is 1. The highest BCUT2D eigenvalue weighted by atomic mass is 32.1. The molecule has 2 aromatic carbocycles. The second kappa shape index (κ2) is 5.29. The summed E-state index contributed by atoms with van der Waals surface area (Å²) in [7, 11) is 0. The summed E-state index contributed by atoms with van der Waals surface area (Å²) in [5, 5.41) is 0. The first-order valence-corrected chi connectivity index (χ1v) is 6.84. The van der Waals surface area contributed by atoms with Gasteiger partial charge in [0.05, 0.1) is 23.3 Å². The van der Waals surface area contributed by atoms with E-state index in [1.807, 2.05) is 0 Å². The summed E-state index contributed by atoms with van der Waals surface area (Å²) >= 11 is 5.24. The van der Waals surface area contributed by atoms with Gasteiger partial charge in [0.15, 0.2) is 16.3 Å². The highest BCUT2D eigenvalue weighted by Gasteiger charge is 2.10. The Hall–Kier alpha value is -2.21. The minimum atomic E-state index is -0.465. The second-order valence-electron chi connectivity index (χ2n) is 4.47. The van der Waals surface area contributed by atoms with E-state index >= 15 is 0 Å². The normalized spacial score (nSPS) is 11.0. The highest BCUT2D eigenvalue weighted by Crippen LogP contribution is 2.24. The molecule has 3 rings (SSSR count). The molecule has 3 aromatic rings. The van der Waals surface area contributed by atoms with Crippen LogP contribution >= 0.6 is 12.2 Å². The van der Waals surface area contributed by atoms with Crippen molar-refractivity contribution in [2.75, 3.05) is 6.61 Å². The molecule has 0 saturated carbocycles. The zero-order chi connectivity index (χ0) is 15.0. The third-order valence-corrected chi connectivity index (χ3v) is 3.40. The molecule has 0 aliphatic heterocycles. The summed E-state index contributed by atoms with van der Waals surface area (Å²) in [6.07, 6.45) is 0. The van der Waals surface area contributed by atoms with Gasteiger partial charge in [-0.2, -0.15) is 0 Å². The van der Waals surface area contributed by atoms with Gasteiger partial charge in [0, 0.05) is 6.07 Å². The lowest BCUT2D eigenvalue weighted by atomic mass is 10.2. The largest absolute Gasteiger partial charge is 0.491 e. The Kier molecular flexibility index (Phi) is 3.47. The quantitative estimate of drug-likeness (QED) is 0.728. The molecule has 6 heteroatoms. The van der Waals surface area contributed by atoms with E-state index in [1.165, 1.54) is 18.2 Å². The maximum atomic E-state index is 14.0. The molecule has 0 bridgehead atoms. The van der Waals surface area contributed by atoms with Crippen LogP contribution in [0.4, 0.5) is 8.78 Å². The lowest BCUT2D eigenvalue weighted by Gasteiger charge is -2.08. The summed E-state index contributed by atoms with van der Waals surface area (Å²) in [4.78, 5) is 2.91. The second-order valence-corrected chi connectivity index (χ2v) is 4.86. The summed E-state index contributed by atoms with van der Waals surface area (Å²) in [6.45, 7) is 2.18. The van der Waals surface area contributed by atoms with Crippen molar-refractivity contribution in [2.24, 2.45) is 0 Å². The van der Waals surface area contributed by atoms with Gasteiger partial charge >= 0.3 is 0 Å². The molecule has 0 fully saturated rings. The van der Waals surface area contributed by atoms with Crippen LogP contribution in [-0.2, 0) is 0 Å². The van der Waals surface area contributed by atoms with E-state index < -0.39 is 5.82 Å². The first-order valence-electron chi connectivity index (χ1n) is 6.43. The standard InChI is InChI=1S/C15H12F2N2OS/c1-2-20-14-6-4-10(8-11(14)17)19-13-5-3-9(16)7-12(13)18-15(19)21/h3-8H,2H2,1H3,(H,18,21). The maximum absolute atomic E-state index is 14.0. The van der Waals surface area contributed by atoms with E-state index in [2.05, 4.69) is 4.98 Å². The smallest absolute Gasteiger partial charge is 0.182 e. The molecule has 108 valence electrons. The molecular weight excluding hydrogens is 294 g/mol. The first-order chi connectivity index (χ1) is 10.1. The molecule has 0 aliphatic carbocycles. The molecule has 0 radical (unpaired) electrons. The van der Waals surface area contributed by atoms with Gasteiger partial charge in [-0.15, -0.1) is 0 Å². The maximum Gasteiger partial charge on any atom is 0.182 e.